The predicted octanol–water partition coefficient (Wildman–Crippen LogP) is 0.927. The van der Waals surface area contributed by atoms with Crippen LogP contribution in [0.3, 0.4) is 0 Å². The molecule has 4 nitrogen and oxygen atoms in total. The smallest absolute Gasteiger partial charge is 0.251 e. The van der Waals surface area contributed by atoms with Crippen molar-refractivity contribution in [2.75, 3.05) is 13.1 Å². The van der Waals surface area contributed by atoms with Crippen LogP contribution in [-0.4, -0.2) is 47.3 Å². The Labute approximate surface area is 96.6 Å². The molecule has 0 radical (unpaired) electrons. The van der Waals surface area contributed by atoms with E-state index in [4.69, 9.17) is 4.74 Å². The van der Waals surface area contributed by atoms with Gasteiger partial charge in [0.1, 0.15) is 6.10 Å². The average Bonchev–Trinajstić information content (AvgIpc) is 2.73. The Balaban J connectivity index is 1.81. The Kier molecular flexibility index (Phi) is 3.82. The van der Waals surface area contributed by atoms with Crippen LogP contribution in [0.5, 0.6) is 0 Å². The van der Waals surface area contributed by atoms with Gasteiger partial charge in [0.25, 0.3) is 5.91 Å². The summed E-state index contributed by atoms with van der Waals surface area (Å²) in [5, 5.41) is 9.17. The van der Waals surface area contributed by atoms with Gasteiger partial charge in [-0.05, 0) is 19.3 Å². The molecule has 1 heterocycles. The van der Waals surface area contributed by atoms with Gasteiger partial charge in [0.05, 0.1) is 12.2 Å². The van der Waals surface area contributed by atoms with Gasteiger partial charge >= 0.3 is 0 Å². The van der Waals surface area contributed by atoms with Crippen LogP contribution in [0.15, 0.2) is 0 Å². The second kappa shape index (κ2) is 5.15. The molecule has 1 aliphatic heterocycles. The van der Waals surface area contributed by atoms with Gasteiger partial charge in [0.15, 0.2) is 0 Å². The Morgan fingerprint density at radius 3 is 2.56 bits per heavy atom. The minimum Gasteiger partial charge on any atom is -0.389 e. The van der Waals surface area contributed by atoms with E-state index in [1.54, 1.807) is 4.90 Å². The SMILES string of the molecule is CCC(OC1CCCC1)C(=O)N1CC(O)C1. The van der Waals surface area contributed by atoms with Crippen molar-refractivity contribution in [3.05, 3.63) is 0 Å². The van der Waals surface area contributed by atoms with Gasteiger partial charge in [0, 0.05) is 13.1 Å². The summed E-state index contributed by atoms with van der Waals surface area (Å²) in [4.78, 5) is 13.7. The molecule has 2 rings (SSSR count). The number of carbonyl (C=O) groups excluding carboxylic acids is 1. The number of likely N-dealkylation sites (tertiary alicyclic amines) is 1. The van der Waals surface area contributed by atoms with E-state index in [2.05, 4.69) is 0 Å². The monoisotopic (exact) mass is 227 g/mol. The predicted molar refractivity (Wildman–Crippen MR) is 60.0 cm³/mol. The zero-order chi connectivity index (χ0) is 11.5. The molecule has 0 spiro atoms. The minimum atomic E-state index is -0.326. The van der Waals surface area contributed by atoms with Gasteiger partial charge in [-0.15, -0.1) is 0 Å². The summed E-state index contributed by atoms with van der Waals surface area (Å²) in [5.41, 5.74) is 0. The molecule has 0 aromatic heterocycles. The molecule has 1 atom stereocenters. The molecule has 0 aromatic rings. The third-order valence-corrected chi connectivity index (χ3v) is 3.48. The van der Waals surface area contributed by atoms with E-state index in [-0.39, 0.29) is 24.2 Å². The largest absolute Gasteiger partial charge is 0.389 e. The number of aliphatic hydroxyl groups excluding tert-OH is 1. The summed E-state index contributed by atoms with van der Waals surface area (Å²) in [6.07, 6.45) is 5.00. The molecular formula is C12H21NO3. The lowest BCUT2D eigenvalue weighted by Crippen LogP contribution is -2.56. The van der Waals surface area contributed by atoms with Gasteiger partial charge in [-0.3, -0.25) is 4.79 Å². The molecule has 1 unspecified atom stereocenters. The highest BCUT2D eigenvalue weighted by Gasteiger charge is 2.34. The number of amides is 1. The van der Waals surface area contributed by atoms with Crippen LogP contribution in [0, 0.1) is 0 Å². The maximum Gasteiger partial charge on any atom is 0.251 e. The van der Waals surface area contributed by atoms with Gasteiger partial charge < -0.3 is 14.7 Å². The number of β-amino-alcohol motifs (C(OH)–C–C–N with tert-alkyl or cyclic N) is 1. The fourth-order valence-electron chi connectivity index (χ4n) is 2.42. The maximum absolute atomic E-state index is 12.0. The highest BCUT2D eigenvalue weighted by Crippen LogP contribution is 2.24. The van der Waals surface area contributed by atoms with Crippen molar-refractivity contribution in [3.8, 4) is 0 Å². The van der Waals surface area contributed by atoms with E-state index in [1.807, 2.05) is 6.92 Å². The molecule has 92 valence electrons. The molecule has 2 aliphatic rings. The van der Waals surface area contributed by atoms with Crippen molar-refractivity contribution in [2.24, 2.45) is 0 Å². The van der Waals surface area contributed by atoms with Gasteiger partial charge in [0.2, 0.25) is 0 Å². The van der Waals surface area contributed by atoms with Crippen LogP contribution in [0.25, 0.3) is 0 Å². The minimum absolute atomic E-state index is 0.0553. The quantitative estimate of drug-likeness (QED) is 0.777. The number of ether oxygens (including phenoxy) is 1. The standard InChI is InChI=1S/C12H21NO3/c1-2-11(16-10-5-3-4-6-10)12(15)13-7-9(14)8-13/h9-11,14H,2-8H2,1H3. The molecule has 0 aromatic carbocycles. The normalized spacial score (nSPS) is 24.5. The molecule has 1 N–H and O–H groups in total. The van der Waals surface area contributed by atoms with E-state index in [0.717, 1.165) is 19.3 Å². The van der Waals surface area contributed by atoms with Gasteiger partial charge in [-0.2, -0.15) is 0 Å². The summed E-state index contributed by atoms with van der Waals surface area (Å²) in [6.45, 7) is 2.93. The van der Waals surface area contributed by atoms with E-state index in [9.17, 15) is 9.90 Å². The van der Waals surface area contributed by atoms with E-state index < -0.39 is 0 Å². The Morgan fingerprint density at radius 1 is 1.44 bits per heavy atom. The third-order valence-electron chi connectivity index (χ3n) is 3.48. The molecule has 0 bridgehead atoms. The maximum atomic E-state index is 12.0. The summed E-state index contributed by atoms with van der Waals surface area (Å²) in [7, 11) is 0. The van der Waals surface area contributed by atoms with Crippen molar-refractivity contribution in [1.82, 2.24) is 4.90 Å². The molecule has 1 saturated heterocycles. The summed E-state index contributed by atoms with van der Waals surface area (Å²) >= 11 is 0. The van der Waals surface area contributed by atoms with Crippen molar-refractivity contribution in [2.45, 2.75) is 57.3 Å². The molecule has 4 heteroatoms. The fourth-order valence-corrected chi connectivity index (χ4v) is 2.42. The van der Waals surface area contributed by atoms with E-state index in [1.165, 1.54) is 12.8 Å². The van der Waals surface area contributed by atoms with Crippen LogP contribution < -0.4 is 0 Å². The van der Waals surface area contributed by atoms with Crippen LogP contribution in [-0.2, 0) is 9.53 Å². The zero-order valence-electron chi connectivity index (χ0n) is 9.89. The number of aliphatic hydroxyl groups is 1. The fraction of sp³-hybridized carbons (Fsp3) is 0.917. The lowest BCUT2D eigenvalue weighted by atomic mass is 10.1. The van der Waals surface area contributed by atoms with Crippen LogP contribution in [0.4, 0.5) is 0 Å². The number of hydrogen-bond acceptors (Lipinski definition) is 3. The Bertz CT molecular complexity index is 245. The molecular weight excluding hydrogens is 206 g/mol. The number of nitrogens with zero attached hydrogens (tertiary/aromatic N) is 1. The third kappa shape index (κ3) is 2.55. The first-order valence-corrected chi connectivity index (χ1v) is 6.33. The van der Waals surface area contributed by atoms with Crippen molar-refractivity contribution in [1.29, 1.82) is 0 Å². The zero-order valence-corrected chi connectivity index (χ0v) is 9.89. The summed E-state index contributed by atoms with van der Waals surface area (Å²) < 4.78 is 5.84. The summed E-state index contributed by atoms with van der Waals surface area (Å²) in [5.74, 6) is 0.0553. The highest BCUT2D eigenvalue weighted by molar-refractivity contribution is 5.81. The first-order chi connectivity index (χ1) is 7.70. The van der Waals surface area contributed by atoms with Crippen LogP contribution in [0.1, 0.15) is 39.0 Å². The first-order valence-electron chi connectivity index (χ1n) is 6.33. The van der Waals surface area contributed by atoms with Crippen LogP contribution in [0.2, 0.25) is 0 Å². The molecule has 1 amide bonds. The van der Waals surface area contributed by atoms with Crippen LogP contribution >= 0.6 is 0 Å². The molecule has 2 fully saturated rings. The molecule has 1 aliphatic carbocycles. The topological polar surface area (TPSA) is 49.8 Å². The second-order valence-electron chi connectivity index (χ2n) is 4.84. The van der Waals surface area contributed by atoms with E-state index >= 15 is 0 Å². The van der Waals surface area contributed by atoms with Crippen molar-refractivity contribution < 1.29 is 14.6 Å². The van der Waals surface area contributed by atoms with Crippen molar-refractivity contribution in [3.63, 3.8) is 0 Å². The lowest BCUT2D eigenvalue weighted by molar-refractivity contribution is -0.157. The van der Waals surface area contributed by atoms with E-state index in [0.29, 0.717) is 13.1 Å². The number of hydrogen-bond donors (Lipinski definition) is 1. The highest BCUT2D eigenvalue weighted by atomic mass is 16.5. The number of carbonyl (C=O) groups is 1. The number of rotatable bonds is 4. The second-order valence-corrected chi connectivity index (χ2v) is 4.84. The summed E-state index contributed by atoms with van der Waals surface area (Å²) in [6, 6.07) is 0. The Hall–Kier alpha value is -0.610. The Morgan fingerprint density at radius 2 is 2.06 bits per heavy atom. The average molecular weight is 227 g/mol. The van der Waals surface area contributed by atoms with Gasteiger partial charge in [-0.1, -0.05) is 19.8 Å². The molecule has 16 heavy (non-hydrogen) atoms. The first kappa shape index (κ1) is 11.9. The van der Waals surface area contributed by atoms with Gasteiger partial charge in [-0.25, -0.2) is 0 Å². The van der Waals surface area contributed by atoms with Crippen molar-refractivity contribution >= 4 is 5.91 Å². The lowest BCUT2D eigenvalue weighted by Gasteiger charge is -2.38. The molecule has 1 saturated carbocycles.